The Hall–Kier alpha value is -0.570. The quantitative estimate of drug-likeness (QED) is 0.761. The van der Waals surface area contributed by atoms with E-state index in [1.54, 1.807) is 11.3 Å². The summed E-state index contributed by atoms with van der Waals surface area (Å²) in [6.07, 6.45) is 9.59. The third-order valence-electron chi connectivity index (χ3n) is 3.04. The van der Waals surface area contributed by atoms with E-state index < -0.39 is 0 Å². The lowest BCUT2D eigenvalue weighted by atomic mass is 9.95. The summed E-state index contributed by atoms with van der Waals surface area (Å²) in [5.41, 5.74) is 6.83. The molecule has 1 aromatic rings. The molecule has 78 valence electrons. The lowest BCUT2D eigenvalue weighted by Gasteiger charge is -2.11. The topological polar surface area (TPSA) is 38.9 Å². The van der Waals surface area contributed by atoms with Crippen LogP contribution >= 0.6 is 11.3 Å². The van der Waals surface area contributed by atoms with E-state index in [2.05, 4.69) is 10.4 Å². The van der Waals surface area contributed by atoms with Crippen molar-refractivity contribution >= 4 is 16.5 Å². The zero-order chi connectivity index (χ0) is 9.80. The van der Waals surface area contributed by atoms with Crippen molar-refractivity contribution in [2.75, 3.05) is 5.73 Å². The van der Waals surface area contributed by atoms with Gasteiger partial charge in [0.2, 0.25) is 0 Å². The Bertz CT molecular complexity index is 275. The molecule has 3 heteroatoms. The minimum absolute atomic E-state index is 0.716. The first-order chi connectivity index (χ1) is 6.84. The average molecular weight is 210 g/mol. The molecular weight excluding hydrogens is 192 g/mol. The van der Waals surface area contributed by atoms with Crippen LogP contribution in [0.1, 0.15) is 44.2 Å². The average Bonchev–Trinajstić information content (AvgIpc) is 2.43. The van der Waals surface area contributed by atoms with Crippen molar-refractivity contribution in [3.8, 4) is 0 Å². The van der Waals surface area contributed by atoms with E-state index in [4.69, 9.17) is 5.73 Å². The van der Waals surface area contributed by atoms with Crippen molar-refractivity contribution in [2.45, 2.75) is 44.9 Å². The molecule has 1 aliphatic carbocycles. The summed E-state index contributed by atoms with van der Waals surface area (Å²) in [6.45, 7) is 0. The highest BCUT2D eigenvalue weighted by atomic mass is 32.1. The van der Waals surface area contributed by atoms with E-state index >= 15 is 0 Å². The minimum atomic E-state index is 0.716. The van der Waals surface area contributed by atoms with Crippen molar-refractivity contribution in [1.82, 2.24) is 4.98 Å². The summed E-state index contributed by atoms with van der Waals surface area (Å²) in [4.78, 5) is 4.33. The molecule has 0 aliphatic heterocycles. The van der Waals surface area contributed by atoms with Gasteiger partial charge in [-0.1, -0.05) is 38.5 Å². The van der Waals surface area contributed by atoms with Crippen LogP contribution < -0.4 is 5.73 Å². The van der Waals surface area contributed by atoms with Crippen LogP contribution in [0.25, 0.3) is 0 Å². The molecule has 0 saturated heterocycles. The van der Waals surface area contributed by atoms with Crippen LogP contribution in [0.5, 0.6) is 0 Å². The predicted molar refractivity (Wildman–Crippen MR) is 61.4 cm³/mol. The zero-order valence-corrected chi connectivity index (χ0v) is 9.35. The van der Waals surface area contributed by atoms with Gasteiger partial charge in [-0.3, -0.25) is 0 Å². The lowest BCUT2D eigenvalue weighted by molar-refractivity contribution is 0.454. The Morgan fingerprint density at radius 1 is 1.29 bits per heavy atom. The highest BCUT2D eigenvalue weighted by molar-refractivity contribution is 7.13. The van der Waals surface area contributed by atoms with Crippen LogP contribution in [0.15, 0.2) is 5.38 Å². The standard InChI is InChI=1S/C11H18N2S/c12-11-13-10(8-14-11)7-9-5-3-1-2-4-6-9/h8-9H,1-7H2,(H2,12,13). The first kappa shape index (κ1) is 9.97. The second-order valence-electron chi connectivity index (χ2n) is 4.24. The number of rotatable bonds is 2. The van der Waals surface area contributed by atoms with Crippen LogP contribution in [-0.4, -0.2) is 4.98 Å². The number of aromatic nitrogens is 1. The number of nitrogen functional groups attached to an aromatic ring is 1. The normalized spacial score (nSPS) is 19.4. The first-order valence-electron chi connectivity index (χ1n) is 5.54. The van der Waals surface area contributed by atoms with Crippen LogP contribution in [-0.2, 0) is 6.42 Å². The Labute approximate surface area is 89.5 Å². The van der Waals surface area contributed by atoms with Gasteiger partial charge in [-0.05, 0) is 12.3 Å². The monoisotopic (exact) mass is 210 g/mol. The van der Waals surface area contributed by atoms with E-state index in [9.17, 15) is 0 Å². The third-order valence-corrected chi connectivity index (χ3v) is 3.76. The van der Waals surface area contributed by atoms with Gasteiger partial charge in [-0.25, -0.2) is 4.98 Å². The fourth-order valence-corrected chi connectivity index (χ4v) is 2.86. The Morgan fingerprint density at radius 3 is 2.57 bits per heavy atom. The van der Waals surface area contributed by atoms with E-state index in [-0.39, 0.29) is 0 Å². The molecule has 1 fully saturated rings. The molecule has 0 aromatic carbocycles. The minimum Gasteiger partial charge on any atom is -0.375 e. The number of anilines is 1. The number of nitrogens with zero attached hydrogens (tertiary/aromatic N) is 1. The Balaban J connectivity index is 1.89. The summed E-state index contributed by atoms with van der Waals surface area (Å²) in [5, 5.41) is 2.83. The summed E-state index contributed by atoms with van der Waals surface area (Å²) >= 11 is 1.56. The first-order valence-corrected chi connectivity index (χ1v) is 6.42. The number of hydrogen-bond acceptors (Lipinski definition) is 3. The number of nitrogens with two attached hydrogens (primary N) is 1. The molecule has 0 spiro atoms. The van der Waals surface area contributed by atoms with Crippen LogP contribution in [0.2, 0.25) is 0 Å². The van der Waals surface area contributed by atoms with Crippen molar-refractivity contribution in [3.05, 3.63) is 11.1 Å². The van der Waals surface area contributed by atoms with Gasteiger partial charge in [0.25, 0.3) is 0 Å². The fourth-order valence-electron chi connectivity index (χ4n) is 2.28. The second kappa shape index (κ2) is 4.78. The van der Waals surface area contributed by atoms with Gasteiger partial charge in [0.05, 0.1) is 5.69 Å². The van der Waals surface area contributed by atoms with E-state index in [1.807, 2.05) is 0 Å². The molecule has 2 rings (SSSR count). The highest BCUT2D eigenvalue weighted by Gasteiger charge is 2.13. The van der Waals surface area contributed by atoms with Crippen molar-refractivity contribution in [1.29, 1.82) is 0 Å². The summed E-state index contributed by atoms with van der Waals surface area (Å²) in [7, 11) is 0. The maximum absolute atomic E-state index is 5.62. The predicted octanol–water partition coefficient (Wildman–Crippen LogP) is 3.24. The SMILES string of the molecule is Nc1nc(CC2CCCCCC2)cs1. The van der Waals surface area contributed by atoms with Crippen LogP contribution in [0.4, 0.5) is 5.13 Å². The maximum atomic E-state index is 5.62. The van der Waals surface area contributed by atoms with Gasteiger partial charge in [0.1, 0.15) is 0 Å². The molecule has 2 N–H and O–H groups in total. The molecule has 1 aliphatic rings. The summed E-state index contributed by atoms with van der Waals surface area (Å²) < 4.78 is 0. The summed E-state index contributed by atoms with van der Waals surface area (Å²) in [6, 6.07) is 0. The van der Waals surface area contributed by atoms with Gasteiger partial charge < -0.3 is 5.73 Å². The molecule has 0 radical (unpaired) electrons. The second-order valence-corrected chi connectivity index (χ2v) is 5.13. The van der Waals surface area contributed by atoms with Gasteiger partial charge >= 0.3 is 0 Å². The van der Waals surface area contributed by atoms with Crippen molar-refractivity contribution < 1.29 is 0 Å². The molecule has 0 amide bonds. The molecule has 14 heavy (non-hydrogen) atoms. The van der Waals surface area contributed by atoms with Gasteiger partial charge in [-0.15, -0.1) is 11.3 Å². The number of hydrogen-bond donors (Lipinski definition) is 1. The Kier molecular flexibility index (Phi) is 3.40. The van der Waals surface area contributed by atoms with E-state index in [0.717, 1.165) is 12.3 Å². The van der Waals surface area contributed by atoms with E-state index in [0.29, 0.717) is 5.13 Å². The van der Waals surface area contributed by atoms with Crippen LogP contribution in [0.3, 0.4) is 0 Å². The molecular formula is C11H18N2S. The van der Waals surface area contributed by atoms with Crippen LogP contribution in [0, 0.1) is 5.92 Å². The lowest BCUT2D eigenvalue weighted by Crippen LogP contribution is -2.03. The van der Waals surface area contributed by atoms with Crippen molar-refractivity contribution in [3.63, 3.8) is 0 Å². The largest absolute Gasteiger partial charge is 0.375 e. The smallest absolute Gasteiger partial charge is 0.180 e. The van der Waals surface area contributed by atoms with Crippen molar-refractivity contribution in [2.24, 2.45) is 5.92 Å². The molecule has 2 nitrogen and oxygen atoms in total. The van der Waals surface area contributed by atoms with Gasteiger partial charge in [-0.2, -0.15) is 0 Å². The molecule has 1 heterocycles. The van der Waals surface area contributed by atoms with E-state index in [1.165, 1.54) is 44.2 Å². The maximum Gasteiger partial charge on any atom is 0.180 e. The highest BCUT2D eigenvalue weighted by Crippen LogP contribution is 2.26. The molecule has 0 bridgehead atoms. The van der Waals surface area contributed by atoms with Gasteiger partial charge in [0, 0.05) is 5.38 Å². The molecule has 1 aromatic heterocycles. The molecule has 0 unspecified atom stereocenters. The summed E-state index contributed by atoms with van der Waals surface area (Å²) in [5.74, 6) is 0.860. The van der Waals surface area contributed by atoms with Gasteiger partial charge in [0.15, 0.2) is 5.13 Å². The third kappa shape index (κ3) is 2.71. The Morgan fingerprint density at radius 2 is 2.00 bits per heavy atom. The number of thiazole rings is 1. The molecule has 0 atom stereocenters. The molecule has 1 saturated carbocycles. The fraction of sp³-hybridized carbons (Fsp3) is 0.727. The zero-order valence-electron chi connectivity index (χ0n) is 8.54.